The number of halogens is 1. The lowest BCUT2D eigenvalue weighted by Gasteiger charge is -2.19. The van der Waals surface area contributed by atoms with Gasteiger partial charge in [0.15, 0.2) is 12.4 Å². The maximum atomic E-state index is 11.8. The summed E-state index contributed by atoms with van der Waals surface area (Å²) in [5, 5.41) is 5.28. The molecule has 0 atom stereocenters. The number of pyridine rings is 1. The molecule has 0 bridgehead atoms. The smallest absolute Gasteiger partial charge is 0.286 e. The van der Waals surface area contributed by atoms with Crippen LogP contribution in [0.15, 0.2) is 42.7 Å². The van der Waals surface area contributed by atoms with Crippen molar-refractivity contribution in [3.63, 3.8) is 0 Å². The second kappa shape index (κ2) is 6.02. The van der Waals surface area contributed by atoms with Crippen LogP contribution in [0, 0.1) is 0 Å². The second-order valence-corrected chi connectivity index (χ2v) is 5.54. The van der Waals surface area contributed by atoms with Gasteiger partial charge in [0.2, 0.25) is 6.54 Å². The summed E-state index contributed by atoms with van der Waals surface area (Å²) in [6.07, 6.45) is 3.93. The summed E-state index contributed by atoms with van der Waals surface area (Å²) in [5.74, 6) is 0.0304. The van der Waals surface area contributed by atoms with Gasteiger partial charge >= 0.3 is 0 Å². The molecular formula is C15H19ClN2O. The zero-order valence-corrected chi connectivity index (χ0v) is 12.2. The molecule has 0 fully saturated rings. The van der Waals surface area contributed by atoms with Crippen molar-refractivity contribution < 1.29 is 21.8 Å². The highest BCUT2D eigenvalue weighted by atomic mass is 35.5. The molecule has 3 nitrogen and oxygen atoms in total. The maximum Gasteiger partial charge on any atom is 0.286 e. The van der Waals surface area contributed by atoms with Crippen LogP contribution in [0.4, 0.5) is 0 Å². The van der Waals surface area contributed by atoms with Crippen molar-refractivity contribution in [1.29, 1.82) is 0 Å². The van der Waals surface area contributed by atoms with E-state index in [1.165, 1.54) is 5.39 Å². The van der Waals surface area contributed by atoms with Gasteiger partial charge in [0.05, 0.1) is 0 Å². The zero-order valence-electron chi connectivity index (χ0n) is 11.5. The highest BCUT2D eigenvalue weighted by Gasteiger charge is 2.17. The van der Waals surface area contributed by atoms with Gasteiger partial charge in [0.25, 0.3) is 5.91 Å². The van der Waals surface area contributed by atoms with Crippen LogP contribution in [0.25, 0.3) is 10.8 Å². The van der Waals surface area contributed by atoms with Crippen molar-refractivity contribution >= 4 is 16.7 Å². The fourth-order valence-corrected chi connectivity index (χ4v) is 1.90. The van der Waals surface area contributed by atoms with E-state index in [0.717, 1.165) is 5.39 Å². The largest absolute Gasteiger partial charge is 1.00 e. The summed E-state index contributed by atoms with van der Waals surface area (Å²) in [4.78, 5) is 11.8. The molecular weight excluding hydrogens is 260 g/mol. The molecule has 0 unspecified atom stereocenters. The first-order valence-electron chi connectivity index (χ1n) is 6.13. The lowest BCUT2D eigenvalue weighted by molar-refractivity contribution is -0.683. The number of benzene rings is 1. The minimum absolute atomic E-state index is 0. The Balaban J connectivity index is 0.00000180. The Morgan fingerprint density at radius 1 is 1.16 bits per heavy atom. The first-order valence-corrected chi connectivity index (χ1v) is 6.13. The van der Waals surface area contributed by atoms with Crippen LogP contribution >= 0.6 is 0 Å². The van der Waals surface area contributed by atoms with Crippen molar-refractivity contribution in [3.8, 4) is 0 Å². The number of carbonyl (C=O) groups is 1. The number of carbonyl (C=O) groups excluding carboxylic acids is 1. The molecule has 0 saturated heterocycles. The highest BCUT2D eigenvalue weighted by molar-refractivity contribution is 5.80. The SMILES string of the molecule is CC(C)(C)NC(=O)C[n+]1ccc2ccccc2c1.[Cl-]. The molecule has 4 heteroatoms. The van der Waals surface area contributed by atoms with Gasteiger partial charge in [-0.1, -0.05) is 18.2 Å². The number of aromatic nitrogens is 1. The Labute approximate surface area is 120 Å². The van der Waals surface area contributed by atoms with E-state index < -0.39 is 0 Å². The molecule has 0 saturated carbocycles. The third-order valence-corrected chi connectivity index (χ3v) is 2.59. The predicted octanol–water partition coefficient (Wildman–Crippen LogP) is -0.954. The summed E-state index contributed by atoms with van der Waals surface area (Å²) in [6, 6.07) is 10.2. The van der Waals surface area contributed by atoms with Crippen molar-refractivity contribution in [2.75, 3.05) is 0 Å². The summed E-state index contributed by atoms with van der Waals surface area (Å²) in [7, 11) is 0. The van der Waals surface area contributed by atoms with Crippen LogP contribution in [-0.4, -0.2) is 11.4 Å². The molecule has 2 aromatic rings. The average Bonchev–Trinajstić information content (AvgIpc) is 2.26. The normalized spacial score (nSPS) is 10.9. The number of nitrogens with zero attached hydrogens (tertiary/aromatic N) is 1. The van der Waals surface area contributed by atoms with Gasteiger partial charge in [-0.25, -0.2) is 0 Å². The summed E-state index contributed by atoms with van der Waals surface area (Å²) in [6.45, 7) is 6.30. The first kappa shape index (κ1) is 15.4. The number of rotatable bonds is 2. The van der Waals surface area contributed by atoms with Gasteiger partial charge in [-0.05, 0) is 32.2 Å². The minimum atomic E-state index is -0.186. The van der Waals surface area contributed by atoms with Crippen LogP contribution < -0.4 is 22.3 Å². The van der Waals surface area contributed by atoms with Gasteiger partial charge in [-0.2, -0.15) is 4.57 Å². The van der Waals surface area contributed by atoms with E-state index in [4.69, 9.17) is 0 Å². The van der Waals surface area contributed by atoms with E-state index in [1.54, 1.807) is 0 Å². The molecule has 19 heavy (non-hydrogen) atoms. The van der Waals surface area contributed by atoms with Crippen molar-refractivity contribution in [1.82, 2.24) is 5.32 Å². The Morgan fingerprint density at radius 2 is 1.79 bits per heavy atom. The number of nitrogens with one attached hydrogen (secondary N) is 1. The standard InChI is InChI=1S/C15H18N2O.ClH/c1-15(2,3)16-14(18)11-17-9-8-12-6-4-5-7-13(12)10-17;/h4-10H,11H2,1-3H3;1H. The molecule has 0 aliphatic rings. The Bertz CT molecular complexity index is 576. The van der Waals surface area contributed by atoms with Crippen molar-refractivity contribution in [3.05, 3.63) is 42.7 Å². The van der Waals surface area contributed by atoms with E-state index in [9.17, 15) is 4.79 Å². The van der Waals surface area contributed by atoms with Gasteiger partial charge < -0.3 is 17.7 Å². The molecule has 1 N–H and O–H groups in total. The maximum absolute atomic E-state index is 11.8. The quantitative estimate of drug-likeness (QED) is 0.706. The number of amides is 1. The van der Waals surface area contributed by atoms with Crippen LogP contribution in [0.1, 0.15) is 20.8 Å². The van der Waals surface area contributed by atoms with Gasteiger partial charge in [0.1, 0.15) is 0 Å². The fourth-order valence-electron chi connectivity index (χ4n) is 1.90. The number of hydrogen-bond acceptors (Lipinski definition) is 1. The Morgan fingerprint density at radius 3 is 2.42 bits per heavy atom. The van der Waals surface area contributed by atoms with E-state index in [0.29, 0.717) is 6.54 Å². The van der Waals surface area contributed by atoms with Crippen LogP contribution in [0.2, 0.25) is 0 Å². The Kier molecular flexibility index (Phi) is 4.90. The molecule has 1 heterocycles. The highest BCUT2D eigenvalue weighted by Crippen LogP contribution is 2.09. The third-order valence-electron chi connectivity index (χ3n) is 2.59. The van der Waals surface area contributed by atoms with Gasteiger partial charge in [-0.15, -0.1) is 0 Å². The number of hydrogen-bond donors (Lipinski definition) is 1. The molecule has 102 valence electrons. The lowest BCUT2D eigenvalue weighted by atomic mass is 10.1. The zero-order chi connectivity index (χ0) is 13.2. The topological polar surface area (TPSA) is 33.0 Å². The first-order chi connectivity index (χ1) is 8.44. The molecule has 0 aliphatic carbocycles. The fraction of sp³-hybridized carbons (Fsp3) is 0.333. The monoisotopic (exact) mass is 278 g/mol. The average molecular weight is 279 g/mol. The second-order valence-electron chi connectivity index (χ2n) is 5.54. The molecule has 1 amide bonds. The van der Waals surface area contributed by atoms with E-state index in [-0.39, 0.29) is 23.9 Å². The summed E-state index contributed by atoms with van der Waals surface area (Å²) >= 11 is 0. The third kappa shape index (κ3) is 4.52. The van der Waals surface area contributed by atoms with Crippen LogP contribution in [0.5, 0.6) is 0 Å². The predicted molar refractivity (Wildman–Crippen MR) is 72.0 cm³/mol. The van der Waals surface area contributed by atoms with Crippen LogP contribution in [0.3, 0.4) is 0 Å². The number of fused-ring (bicyclic) bond motifs is 1. The van der Waals surface area contributed by atoms with Gasteiger partial charge in [0, 0.05) is 17.0 Å². The Hall–Kier alpha value is -1.61. The van der Waals surface area contributed by atoms with E-state index >= 15 is 0 Å². The molecule has 0 aliphatic heterocycles. The lowest BCUT2D eigenvalue weighted by Crippen LogP contribution is -3.00. The van der Waals surface area contributed by atoms with Gasteiger partial charge in [-0.3, -0.25) is 4.79 Å². The molecule has 0 radical (unpaired) electrons. The van der Waals surface area contributed by atoms with Crippen molar-refractivity contribution in [2.45, 2.75) is 32.9 Å². The summed E-state index contributed by atoms with van der Waals surface area (Å²) < 4.78 is 1.91. The molecule has 2 rings (SSSR count). The minimum Gasteiger partial charge on any atom is -1.00 e. The molecule has 1 aromatic heterocycles. The summed E-state index contributed by atoms with van der Waals surface area (Å²) in [5.41, 5.74) is -0.186. The van der Waals surface area contributed by atoms with E-state index in [1.807, 2.05) is 62.0 Å². The van der Waals surface area contributed by atoms with Crippen molar-refractivity contribution in [2.24, 2.45) is 0 Å². The molecule has 1 aromatic carbocycles. The molecule has 0 spiro atoms. The van der Waals surface area contributed by atoms with Crippen LogP contribution in [-0.2, 0) is 11.3 Å². The van der Waals surface area contributed by atoms with E-state index in [2.05, 4.69) is 11.4 Å².